The van der Waals surface area contributed by atoms with Gasteiger partial charge in [-0.1, -0.05) is 0 Å². The van der Waals surface area contributed by atoms with Gasteiger partial charge in [-0.05, 0) is 6.92 Å². The van der Waals surface area contributed by atoms with Gasteiger partial charge in [-0.15, -0.1) is 0 Å². The minimum Gasteiger partial charge on any atom is -0.464 e. The SMILES string of the molecule is Cc1nn(C2(CF)CCOC2=O)cc1N. The first-order chi connectivity index (χ1) is 7.10. The van der Waals surface area contributed by atoms with Crippen molar-refractivity contribution in [1.82, 2.24) is 9.78 Å². The molecule has 1 aliphatic heterocycles. The van der Waals surface area contributed by atoms with Crippen molar-refractivity contribution >= 4 is 11.7 Å². The van der Waals surface area contributed by atoms with Gasteiger partial charge in [0.15, 0.2) is 5.54 Å². The molecule has 15 heavy (non-hydrogen) atoms. The Hall–Kier alpha value is -1.59. The van der Waals surface area contributed by atoms with Gasteiger partial charge < -0.3 is 10.5 Å². The largest absolute Gasteiger partial charge is 0.464 e. The number of nitrogens with two attached hydrogens (primary N) is 1. The van der Waals surface area contributed by atoms with E-state index in [9.17, 15) is 9.18 Å². The number of carbonyl (C=O) groups excluding carboxylic acids is 1. The molecule has 0 radical (unpaired) electrons. The maximum absolute atomic E-state index is 13.0. The van der Waals surface area contributed by atoms with E-state index in [0.29, 0.717) is 17.8 Å². The van der Waals surface area contributed by atoms with Gasteiger partial charge in [-0.2, -0.15) is 5.10 Å². The van der Waals surface area contributed by atoms with Crippen molar-refractivity contribution in [2.24, 2.45) is 0 Å². The third-order valence-corrected chi connectivity index (χ3v) is 2.73. The summed E-state index contributed by atoms with van der Waals surface area (Å²) in [5, 5.41) is 4.04. The number of nitrogens with zero attached hydrogens (tertiary/aromatic N) is 2. The first kappa shape index (κ1) is 9.95. The van der Waals surface area contributed by atoms with E-state index >= 15 is 0 Å². The zero-order chi connectivity index (χ0) is 11.1. The molecule has 1 aromatic rings. The van der Waals surface area contributed by atoms with Gasteiger partial charge in [0.25, 0.3) is 0 Å². The van der Waals surface area contributed by atoms with Crippen LogP contribution in [-0.4, -0.2) is 29.0 Å². The third-order valence-electron chi connectivity index (χ3n) is 2.73. The number of alkyl halides is 1. The fourth-order valence-corrected chi connectivity index (χ4v) is 1.63. The van der Waals surface area contributed by atoms with Crippen LogP contribution >= 0.6 is 0 Å². The maximum Gasteiger partial charge on any atom is 0.336 e. The summed E-state index contributed by atoms with van der Waals surface area (Å²) in [7, 11) is 0. The number of halogens is 1. The van der Waals surface area contributed by atoms with E-state index in [0.717, 1.165) is 0 Å². The van der Waals surface area contributed by atoms with Crippen molar-refractivity contribution < 1.29 is 13.9 Å². The highest BCUT2D eigenvalue weighted by Gasteiger charge is 2.47. The molecule has 1 saturated heterocycles. The number of aromatic nitrogens is 2. The lowest BCUT2D eigenvalue weighted by Crippen LogP contribution is -2.41. The predicted molar refractivity (Wildman–Crippen MR) is 50.9 cm³/mol. The monoisotopic (exact) mass is 213 g/mol. The number of cyclic esters (lactones) is 1. The summed E-state index contributed by atoms with van der Waals surface area (Å²) in [5.41, 5.74) is 5.34. The van der Waals surface area contributed by atoms with Crippen LogP contribution in [0.5, 0.6) is 0 Å². The number of hydrogen-bond donors (Lipinski definition) is 1. The number of carbonyl (C=O) groups is 1. The Bertz CT molecular complexity index is 385. The first-order valence-electron chi connectivity index (χ1n) is 4.65. The highest BCUT2D eigenvalue weighted by Crippen LogP contribution is 2.30. The molecule has 1 atom stereocenters. The minimum atomic E-state index is -1.30. The second-order valence-corrected chi connectivity index (χ2v) is 3.67. The van der Waals surface area contributed by atoms with Gasteiger partial charge in [0, 0.05) is 12.6 Å². The molecule has 5 nitrogen and oxygen atoms in total. The predicted octanol–water partition coefficient (Wildman–Crippen LogP) is 0.385. The number of nitrogen functional groups attached to an aromatic ring is 1. The van der Waals surface area contributed by atoms with E-state index in [1.54, 1.807) is 6.92 Å². The lowest BCUT2D eigenvalue weighted by Gasteiger charge is -2.20. The van der Waals surface area contributed by atoms with Crippen molar-refractivity contribution in [3.8, 4) is 0 Å². The summed E-state index contributed by atoms with van der Waals surface area (Å²) in [4.78, 5) is 11.5. The summed E-state index contributed by atoms with van der Waals surface area (Å²) >= 11 is 0. The Morgan fingerprint density at radius 3 is 2.93 bits per heavy atom. The second-order valence-electron chi connectivity index (χ2n) is 3.67. The Kier molecular flexibility index (Phi) is 2.13. The number of hydrogen-bond acceptors (Lipinski definition) is 4. The Balaban J connectivity index is 2.46. The zero-order valence-electron chi connectivity index (χ0n) is 8.36. The van der Waals surface area contributed by atoms with Crippen LogP contribution in [0.3, 0.4) is 0 Å². The molecule has 82 valence electrons. The summed E-state index contributed by atoms with van der Waals surface area (Å²) in [5.74, 6) is -0.576. The van der Waals surface area contributed by atoms with Crippen molar-refractivity contribution in [3.63, 3.8) is 0 Å². The zero-order valence-corrected chi connectivity index (χ0v) is 8.36. The van der Waals surface area contributed by atoms with Crippen LogP contribution < -0.4 is 5.73 Å². The number of aryl methyl sites for hydroxylation is 1. The smallest absolute Gasteiger partial charge is 0.336 e. The molecule has 0 amide bonds. The highest BCUT2D eigenvalue weighted by atomic mass is 19.1. The third kappa shape index (κ3) is 1.28. The van der Waals surface area contributed by atoms with Gasteiger partial charge in [-0.25, -0.2) is 9.18 Å². The number of ether oxygens (including phenoxy) is 1. The molecule has 0 aliphatic carbocycles. The second kappa shape index (κ2) is 3.22. The van der Waals surface area contributed by atoms with E-state index in [4.69, 9.17) is 10.5 Å². The van der Waals surface area contributed by atoms with Crippen LogP contribution in [0.15, 0.2) is 6.20 Å². The summed E-state index contributed by atoms with van der Waals surface area (Å²) in [6, 6.07) is 0. The van der Waals surface area contributed by atoms with Gasteiger partial charge in [0.05, 0.1) is 18.0 Å². The van der Waals surface area contributed by atoms with Crippen molar-refractivity contribution in [2.45, 2.75) is 18.9 Å². The fraction of sp³-hybridized carbons (Fsp3) is 0.556. The summed E-state index contributed by atoms with van der Waals surface area (Å²) < 4.78 is 19.1. The number of esters is 1. The van der Waals surface area contributed by atoms with Crippen molar-refractivity contribution in [2.75, 3.05) is 19.0 Å². The first-order valence-corrected chi connectivity index (χ1v) is 4.65. The van der Waals surface area contributed by atoms with Crippen LogP contribution in [0.4, 0.5) is 10.1 Å². The molecule has 1 aliphatic rings. The van der Waals surface area contributed by atoms with Gasteiger partial charge in [0.1, 0.15) is 6.67 Å². The van der Waals surface area contributed by atoms with Crippen LogP contribution in [0, 0.1) is 6.92 Å². The van der Waals surface area contributed by atoms with E-state index < -0.39 is 18.2 Å². The molecule has 1 aromatic heterocycles. The standard InChI is InChI=1S/C9H12FN3O2/c1-6-7(11)4-13(12-6)9(5-10)2-3-15-8(9)14/h4H,2-3,5,11H2,1H3. The van der Waals surface area contributed by atoms with Crippen LogP contribution in [0.2, 0.25) is 0 Å². The molecule has 1 unspecified atom stereocenters. The lowest BCUT2D eigenvalue weighted by atomic mass is 10.0. The molecule has 6 heteroatoms. The van der Waals surface area contributed by atoms with Crippen molar-refractivity contribution in [1.29, 1.82) is 0 Å². The quantitative estimate of drug-likeness (QED) is 0.721. The number of rotatable bonds is 2. The van der Waals surface area contributed by atoms with Crippen LogP contribution in [0.25, 0.3) is 0 Å². The highest BCUT2D eigenvalue weighted by molar-refractivity contribution is 5.80. The Morgan fingerprint density at radius 2 is 2.53 bits per heavy atom. The molecule has 0 saturated carbocycles. The summed E-state index contributed by atoms with van der Waals surface area (Å²) in [6.45, 7) is 1.10. The molecule has 2 heterocycles. The molecular formula is C9H12FN3O2. The van der Waals surface area contributed by atoms with E-state index in [1.165, 1.54) is 10.9 Å². The maximum atomic E-state index is 13.0. The molecule has 2 N–H and O–H groups in total. The fourth-order valence-electron chi connectivity index (χ4n) is 1.63. The van der Waals surface area contributed by atoms with Crippen LogP contribution in [0.1, 0.15) is 12.1 Å². The van der Waals surface area contributed by atoms with E-state index in [1.807, 2.05) is 0 Å². The van der Waals surface area contributed by atoms with Gasteiger partial charge in [0.2, 0.25) is 0 Å². The molecule has 0 spiro atoms. The van der Waals surface area contributed by atoms with Gasteiger partial charge in [-0.3, -0.25) is 4.68 Å². The summed E-state index contributed by atoms with van der Waals surface area (Å²) in [6.07, 6.45) is 1.77. The molecule has 0 bridgehead atoms. The van der Waals surface area contributed by atoms with E-state index in [2.05, 4.69) is 5.10 Å². The lowest BCUT2D eigenvalue weighted by molar-refractivity contribution is -0.146. The van der Waals surface area contributed by atoms with Crippen molar-refractivity contribution in [3.05, 3.63) is 11.9 Å². The van der Waals surface area contributed by atoms with Gasteiger partial charge >= 0.3 is 5.97 Å². The molecular weight excluding hydrogens is 201 g/mol. The average Bonchev–Trinajstić information content (AvgIpc) is 2.73. The molecule has 1 fully saturated rings. The van der Waals surface area contributed by atoms with E-state index in [-0.39, 0.29) is 6.61 Å². The molecule has 0 aromatic carbocycles. The van der Waals surface area contributed by atoms with Crippen LogP contribution in [-0.2, 0) is 15.1 Å². The Morgan fingerprint density at radius 1 is 1.80 bits per heavy atom. The molecule has 2 rings (SSSR count). The Labute approximate surface area is 86.0 Å². The minimum absolute atomic E-state index is 0.224. The normalized spacial score (nSPS) is 25.6. The average molecular weight is 213 g/mol. The number of anilines is 1. The topological polar surface area (TPSA) is 70.1 Å².